The molecular formula is C20H36O3. The van der Waals surface area contributed by atoms with E-state index in [0.29, 0.717) is 11.8 Å². The third-order valence-corrected chi connectivity index (χ3v) is 7.05. The maximum Gasteiger partial charge on any atom is 0.0812 e. The first-order chi connectivity index (χ1) is 10.8. The van der Waals surface area contributed by atoms with Gasteiger partial charge in [-0.05, 0) is 67.8 Å². The van der Waals surface area contributed by atoms with Crippen molar-refractivity contribution in [3.8, 4) is 0 Å². The molecule has 2 aliphatic carbocycles. The van der Waals surface area contributed by atoms with Crippen molar-refractivity contribution in [2.75, 3.05) is 13.2 Å². The van der Waals surface area contributed by atoms with Gasteiger partial charge in [-0.15, -0.1) is 0 Å². The van der Waals surface area contributed by atoms with E-state index < -0.39 is 6.10 Å². The summed E-state index contributed by atoms with van der Waals surface area (Å²) in [5.41, 5.74) is 2.21. The van der Waals surface area contributed by atoms with Crippen LogP contribution in [0.5, 0.6) is 0 Å². The average Bonchev–Trinajstić information content (AvgIpc) is 3.06. The lowest BCUT2D eigenvalue weighted by atomic mass is 9.67. The zero-order valence-electron chi connectivity index (χ0n) is 15.5. The monoisotopic (exact) mass is 324 g/mol. The van der Waals surface area contributed by atoms with E-state index in [1.54, 1.807) is 0 Å². The molecule has 0 aliphatic heterocycles. The van der Waals surface area contributed by atoms with E-state index >= 15 is 0 Å². The van der Waals surface area contributed by atoms with Gasteiger partial charge in [0.05, 0.1) is 6.10 Å². The fourth-order valence-electron chi connectivity index (χ4n) is 5.33. The maximum absolute atomic E-state index is 11.3. The Morgan fingerprint density at radius 3 is 2.35 bits per heavy atom. The molecule has 0 aromatic carbocycles. The summed E-state index contributed by atoms with van der Waals surface area (Å²) in [5.74, 6) is 1.64. The van der Waals surface area contributed by atoms with Crippen molar-refractivity contribution in [3.63, 3.8) is 0 Å². The topological polar surface area (TPSA) is 60.7 Å². The first kappa shape index (κ1) is 19.0. The number of hydrogen-bond donors (Lipinski definition) is 3. The predicted molar refractivity (Wildman–Crippen MR) is 93.9 cm³/mol. The van der Waals surface area contributed by atoms with Crippen molar-refractivity contribution in [2.45, 2.75) is 66.4 Å². The zero-order valence-corrected chi connectivity index (χ0v) is 15.5. The molecule has 3 heteroatoms. The van der Waals surface area contributed by atoms with E-state index in [-0.39, 0.29) is 36.4 Å². The molecule has 0 saturated heterocycles. The van der Waals surface area contributed by atoms with Crippen LogP contribution in [0.25, 0.3) is 0 Å². The normalized spacial score (nSPS) is 37.7. The van der Waals surface area contributed by atoms with E-state index in [1.807, 2.05) is 0 Å². The van der Waals surface area contributed by atoms with Crippen LogP contribution in [0.2, 0.25) is 0 Å². The van der Waals surface area contributed by atoms with Crippen LogP contribution in [0, 0.1) is 35.0 Å². The second kappa shape index (κ2) is 7.25. The quantitative estimate of drug-likeness (QED) is 0.656. The van der Waals surface area contributed by atoms with Crippen LogP contribution in [0.1, 0.15) is 60.3 Å². The van der Waals surface area contributed by atoms with Gasteiger partial charge >= 0.3 is 0 Å². The van der Waals surface area contributed by atoms with Crippen LogP contribution in [0.4, 0.5) is 0 Å². The molecule has 2 rings (SSSR count). The molecule has 0 amide bonds. The molecule has 0 aromatic heterocycles. The molecule has 6 atom stereocenters. The van der Waals surface area contributed by atoms with Crippen LogP contribution < -0.4 is 0 Å². The van der Waals surface area contributed by atoms with E-state index in [9.17, 15) is 15.3 Å². The van der Waals surface area contributed by atoms with Gasteiger partial charge < -0.3 is 15.3 Å². The van der Waals surface area contributed by atoms with Gasteiger partial charge in [0, 0.05) is 18.6 Å². The minimum Gasteiger partial charge on any atom is -0.396 e. The molecule has 0 radical (unpaired) electrons. The maximum atomic E-state index is 11.3. The molecule has 0 aromatic rings. The summed E-state index contributed by atoms with van der Waals surface area (Å²) in [6, 6.07) is 0. The van der Waals surface area contributed by atoms with Gasteiger partial charge in [0.2, 0.25) is 0 Å². The highest BCUT2D eigenvalue weighted by Crippen LogP contribution is 2.55. The molecule has 23 heavy (non-hydrogen) atoms. The number of rotatable bonds is 6. The summed E-state index contributed by atoms with van der Waals surface area (Å²) in [5, 5.41) is 31.0. The molecular weight excluding hydrogens is 288 g/mol. The SMILES string of the molecule is CC1=C([C@@H](O)[C@@]2(C)CC[C@H](C(C)C)[C@@H]2CO)[C@H]([C@@H](C)CO)CC1. The fraction of sp³-hybridized carbons (Fsp3) is 0.900. The molecule has 0 spiro atoms. The Labute approximate surface area is 141 Å². The van der Waals surface area contributed by atoms with Crippen molar-refractivity contribution in [2.24, 2.45) is 35.0 Å². The molecule has 1 saturated carbocycles. The molecule has 1 fully saturated rings. The Hall–Kier alpha value is -0.380. The van der Waals surface area contributed by atoms with E-state index in [1.165, 1.54) is 5.57 Å². The number of aliphatic hydroxyl groups is 3. The number of allylic oxidation sites excluding steroid dienone is 1. The van der Waals surface area contributed by atoms with E-state index in [4.69, 9.17) is 0 Å². The van der Waals surface area contributed by atoms with Crippen molar-refractivity contribution >= 4 is 0 Å². The Kier molecular flexibility index (Phi) is 5.97. The fourth-order valence-corrected chi connectivity index (χ4v) is 5.33. The number of hydrogen-bond acceptors (Lipinski definition) is 3. The second-order valence-electron chi connectivity index (χ2n) is 8.68. The van der Waals surface area contributed by atoms with Crippen molar-refractivity contribution in [3.05, 3.63) is 11.1 Å². The Morgan fingerprint density at radius 1 is 1.17 bits per heavy atom. The Bertz CT molecular complexity index is 442. The first-order valence-corrected chi connectivity index (χ1v) is 9.37. The van der Waals surface area contributed by atoms with Crippen molar-refractivity contribution in [1.82, 2.24) is 0 Å². The zero-order chi connectivity index (χ0) is 17.4. The third kappa shape index (κ3) is 3.25. The van der Waals surface area contributed by atoms with Crippen LogP contribution in [0.15, 0.2) is 11.1 Å². The third-order valence-electron chi connectivity index (χ3n) is 7.05. The van der Waals surface area contributed by atoms with Crippen LogP contribution >= 0.6 is 0 Å². The molecule has 0 unspecified atom stereocenters. The highest BCUT2D eigenvalue weighted by Gasteiger charge is 2.52. The highest BCUT2D eigenvalue weighted by atomic mass is 16.3. The van der Waals surface area contributed by atoms with Crippen LogP contribution in [0.3, 0.4) is 0 Å². The summed E-state index contributed by atoms with van der Waals surface area (Å²) in [4.78, 5) is 0. The molecule has 2 aliphatic rings. The van der Waals surface area contributed by atoms with E-state index in [2.05, 4.69) is 34.6 Å². The largest absolute Gasteiger partial charge is 0.396 e. The summed E-state index contributed by atoms with van der Waals surface area (Å²) >= 11 is 0. The Balaban J connectivity index is 2.31. The Morgan fingerprint density at radius 2 is 1.83 bits per heavy atom. The second-order valence-corrected chi connectivity index (χ2v) is 8.68. The summed E-state index contributed by atoms with van der Waals surface area (Å²) in [6.07, 6.45) is 3.62. The van der Waals surface area contributed by atoms with Gasteiger partial charge in [-0.3, -0.25) is 0 Å². The minimum absolute atomic E-state index is 0.156. The summed E-state index contributed by atoms with van der Waals surface area (Å²) < 4.78 is 0. The lowest BCUT2D eigenvalue weighted by Crippen LogP contribution is -2.42. The van der Waals surface area contributed by atoms with E-state index in [0.717, 1.165) is 31.3 Å². The summed E-state index contributed by atoms with van der Waals surface area (Å²) in [7, 11) is 0. The average molecular weight is 325 g/mol. The molecule has 3 nitrogen and oxygen atoms in total. The van der Waals surface area contributed by atoms with Gasteiger partial charge in [-0.2, -0.15) is 0 Å². The molecule has 3 N–H and O–H groups in total. The van der Waals surface area contributed by atoms with Crippen LogP contribution in [-0.4, -0.2) is 34.6 Å². The molecule has 0 bridgehead atoms. The standard InChI is InChI=1S/C20H36O3/c1-12(2)15-8-9-20(5,17(15)11-22)19(23)18-13(3)6-7-16(18)14(4)10-21/h12,14-17,19,21-23H,6-11H2,1-5H3/t14-,15+,16-,17-,19+,20-/m0/s1. The van der Waals surface area contributed by atoms with Gasteiger partial charge in [0.15, 0.2) is 0 Å². The van der Waals surface area contributed by atoms with Gasteiger partial charge in [-0.25, -0.2) is 0 Å². The van der Waals surface area contributed by atoms with Crippen molar-refractivity contribution < 1.29 is 15.3 Å². The smallest absolute Gasteiger partial charge is 0.0812 e. The van der Waals surface area contributed by atoms with Crippen molar-refractivity contribution in [1.29, 1.82) is 0 Å². The van der Waals surface area contributed by atoms with Gasteiger partial charge in [0.1, 0.15) is 0 Å². The highest BCUT2D eigenvalue weighted by molar-refractivity contribution is 5.28. The molecule has 0 heterocycles. The number of aliphatic hydroxyl groups excluding tert-OH is 3. The van der Waals surface area contributed by atoms with Gasteiger partial charge in [0.25, 0.3) is 0 Å². The lowest BCUT2D eigenvalue weighted by molar-refractivity contribution is -0.0112. The van der Waals surface area contributed by atoms with Gasteiger partial charge in [-0.1, -0.05) is 33.3 Å². The summed E-state index contributed by atoms with van der Waals surface area (Å²) in [6.45, 7) is 11.2. The first-order valence-electron chi connectivity index (χ1n) is 9.37. The van der Waals surface area contributed by atoms with Crippen LogP contribution in [-0.2, 0) is 0 Å². The minimum atomic E-state index is -0.495. The predicted octanol–water partition coefficient (Wildman–Crippen LogP) is 3.38. The molecule has 134 valence electrons. The lowest BCUT2D eigenvalue weighted by Gasteiger charge is -2.41.